The number of aryl methyl sites for hydroxylation is 1. The largest absolute Gasteiger partial charge is 0.383 e. The van der Waals surface area contributed by atoms with E-state index >= 15 is 0 Å². The molecule has 0 saturated carbocycles. The smallest absolute Gasteiger partial charge is 0.142 e. The second-order valence-electron chi connectivity index (χ2n) is 5.42. The number of nitriles is 1. The number of nitrogen functional groups attached to an aromatic ring is 1. The van der Waals surface area contributed by atoms with Crippen LogP contribution in [0.3, 0.4) is 0 Å². The van der Waals surface area contributed by atoms with E-state index in [1.54, 1.807) is 12.1 Å². The van der Waals surface area contributed by atoms with Crippen LogP contribution in [0.5, 0.6) is 0 Å². The third-order valence-electron chi connectivity index (χ3n) is 3.74. The molecule has 3 nitrogen and oxygen atoms in total. The van der Waals surface area contributed by atoms with Crippen LogP contribution in [-0.4, -0.2) is 4.98 Å². The Hall–Kier alpha value is -2.90. The van der Waals surface area contributed by atoms with Gasteiger partial charge in [0.1, 0.15) is 23.3 Å². The van der Waals surface area contributed by atoms with Crippen LogP contribution in [0.15, 0.2) is 48.5 Å². The van der Waals surface area contributed by atoms with E-state index < -0.39 is 5.82 Å². The molecule has 0 spiro atoms. The molecule has 0 aliphatic heterocycles. The molecule has 0 amide bonds. The van der Waals surface area contributed by atoms with E-state index in [1.807, 2.05) is 37.3 Å². The van der Waals surface area contributed by atoms with Crippen LogP contribution in [0, 0.1) is 24.1 Å². The van der Waals surface area contributed by atoms with E-state index in [1.165, 1.54) is 12.1 Å². The third kappa shape index (κ3) is 2.94. The van der Waals surface area contributed by atoms with Gasteiger partial charge in [0, 0.05) is 11.1 Å². The summed E-state index contributed by atoms with van der Waals surface area (Å²) in [5.74, 6) is -0.439. The normalized spacial score (nSPS) is 10.4. The molecule has 0 unspecified atom stereocenters. The van der Waals surface area contributed by atoms with E-state index in [4.69, 9.17) is 17.3 Å². The highest BCUT2D eigenvalue weighted by Gasteiger charge is 2.14. The number of anilines is 1. The number of nitrogens with two attached hydrogens (primary N) is 1. The van der Waals surface area contributed by atoms with Gasteiger partial charge in [-0.05, 0) is 30.7 Å². The van der Waals surface area contributed by atoms with Crippen LogP contribution in [0.25, 0.3) is 22.4 Å². The first-order valence-corrected chi connectivity index (χ1v) is 7.60. The van der Waals surface area contributed by atoms with Crippen molar-refractivity contribution >= 4 is 17.4 Å². The highest BCUT2D eigenvalue weighted by Crippen LogP contribution is 2.32. The maximum atomic E-state index is 13.8. The van der Waals surface area contributed by atoms with E-state index in [0.29, 0.717) is 16.8 Å². The molecule has 1 heterocycles. The highest BCUT2D eigenvalue weighted by molar-refractivity contribution is 6.30. The number of nitrogens with zero attached hydrogens (tertiary/aromatic N) is 2. The second kappa shape index (κ2) is 6.31. The molecule has 3 aromatic rings. The number of hydrogen-bond acceptors (Lipinski definition) is 3. The summed E-state index contributed by atoms with van der Waals surface area (Å²) in [6, 6.07) is 16.0. The van der Waals surface area contributed by atoms with Gasteiger partial charge in [-0.15, -0.1) is 0 Å². The Bertz CT molecular complexity index is 960. The molecule has 24 heavy (non-hydrogen) atoms. The first-order valence-electron chi connectivity index (χ1n) is 7.22. The van der Waals surface area contributed by atoms with E-state index in [9.17, 15) is 9.65 Å². The molecule has 0 atom stereocenters. The predicted molar refractivity (Wildman–Crippen MR) is 93.9 cm³/mol. The van der Waals surface area contributed by atoms with Crippen LogP contribution < -0.4 is 5.73 Å². The molecule has 0 saturated heterocycles. The lowest BCUT2D eigenvalue weighted by Gasteiger charge is -2.11. The summed E-state index contributed by atoms with van der Waals surface area (Å²) in [6.45, 7) is 1.99. The van der Waals surface area contributed by atoms with Crippen molar-refractivity contribution in [2.24, 2.45) is 0 Å². The Kier molecular flexibility index (Phi) is 4.20. The van der Waals surface area contributed by atoms with Gasteiger partial charge >= 0.3 is 0 Å². The fraction of sp³-hybridized carbons (Fsp3) is 0.0526. The monoisotopic (exact) mass is 337 g/mol. The average molecular weight is 338 g/mol. The zero-order chi connectivity index (χ0) is 17.3. The summed E-state index contributed by atoms with van der Waals surface area (Å²) < 4.78 is 13.8. The van der Waals surface area contributed by atoms with Crippen molar-refractivity contribution in [3.63, 3.8) is 0 Å². The molecule has 0 bridgehead atoms. The van der Waals surface area contributed by atoms with Gasteiger partial charge in [0.25, 0.3) is 0 Å². The van der Waals surface area contributed by atoms with Crippen LogP contribution in [0.1, 0.15) is 11.1 Å². The Morgan fingerprint density at radius 3 is 2.38 bits per heavy atom. The first-order chi connectivity index (χ1) is 11.5. The van der Waals surface area contributed by atoms with Crippen molar-refractivity contribution in [1.29, 1.82) is 5.26 Å². The molecule has 1 aromatic heterocycles. The van der Waals surface area contributed by atoms with Gasteiger partial charge in [-0.3, -0.25) is 0 Å². The molecule has 0 radical (unpaired) electrons. The van der Waals surface area contributed by atoms with Crippen LogP contribution in [0.4, 0.5) is 10.2 Å². The predicted octanol–water partition coefficient (Wildman–Crippen LogP) is 4.97. The standard InChI is InChI=1S/C19H13ClFN3/c1-11-2-4-12(5-3-11)18-9-14(15(10-22)19(23)24-18)13-6-7-16(20)17(21)8-13/h2-9H,1H3,(H2,23,24). The van der Waals surface area contributed by atoms with Gasteiger partial charge in [-0.25, -0.2) is 9.37 Å². The molecule has 5 heteroatoms. The Balaban J connectivity index is 2.22. The molecular weight excluding hydrogens is 325 g/mol. The van der Waals surface area contributed by atoms with Crippen molar-refractivity contribution in [2.45, 2.75) is 6.92 Å². The Labute approximate surface area is 144 Å². The van der Waals surface area contributed by atoms with E-state index in [0.717, 1.165) is 11.1 Å². The van der Waals surface area contributed by atoms with Crippen LogP contribution >= 0.6 is 11.6 Å². The molecular formula is C19H13ClFN3. The number of hydrogen-bond donors (Lipinski definition) is 1. The molecule has 2 N–H and O–H groups in total. The zero-order valence-corrected chi connectivity index (χ0v) is 13.6. The van der Waals surface area contributed by atoms with Crippen LogP contribution in [-0.2, 0) is 0 Å². The third-order valence-corrected chi connectivity index (χ3v) is 4.04. The molecule has 3 rings (SSSR count). The summed E-state index contributed by atoms with van der Waals surface area (Å²) in [5.41, 5.74) is 9.83. The van der Waals surface area contributed by atoms with Gasteiger partial charge in [0.15, 0.2) is 0 Å². The summed E-state index contributed by atoms with van der Waals surface area (Å²) in [4.78, 5) is 4.31. The fourth-order valence-electron chi connectivity index (χ4n) is 2.45. The minimum Gasteiger partial charge on any atom is -0.383 e. The van der Waals surface area contributed by atoms with Gasteiger partial charge in [0.2, 0.25) is 0 Å². The summed E-state index contributed by atoms with van der Waals surface area (Å²) in [5, 5.41) is 9.42. The Morgan fingerprint density at radius 1 is 1.08 bits per heavy atom. The lowest BCUT2D eigenvalue weighted by Crippen LogP contribution is -2.00. The lowest BCUT2D eigenvalue weighted by molar-refractivity contribution is 0.629. The van der Waals surface area contributed by atoms with E-state index in [2.05, 4.69) is 4.98 Å². The molecule has 2 aromatic carbocycles. The number of aromatic nitrogens is 1. The van der Waals surface area contributed by atoms with Gasteiger partial charge in [-0.1, -0.05) is 47.5 Å². The van der Waals surface area contributed by atoms with Crippen molar-refractivity contribution in [2.75, 3.05) is 5.73 Å². The van der Waals surface area contributed by atoms with E-state index in [-0.39, 0.29) is 16.4 Å². The van der Waals surface area contributed by atoms with Crippen molar-refractivity contribution in [3.05, 3.63) is 70.5 Å². The second-order valence-corrected chi connectivity index (χ2v) is 5.83. The number of rotatable bonds is 2. The van der Waals surface area contributed by atoms with Gasteiger partial charge in [-0.2, -0.15) is 5.26 Å². The fourth-order valence-corrected chi connectivity index (χ4v) is 2.56. The van der Waals surface area contributed by atoms with Crippen LogP contribution in [0.2, 0.25) is 5.02 Å². The summed E-state index contributed by atoms with van der Waals surface area (Å²) in [7, 11) is 0. The molecule has 0 aliphatic carbocycles. The van der Waals surface area contributed by atoms with Crippen molar-refractivity contribution in [1.82, 2.24) is 4.98 Å². The topological polar surface area (TPSA) is 62.7 Å². The number of benzene rings is 2. The van der Waals surface area contributed by atoms with Gasteiger partial charge < -0.3 is 5.73 Å². The van der Waals surface area contributed by atoms with Crippen molar-refractivity contribution in [3.8, 4) is 28.5 Å². The maximum Gasteiger partial charge on any atom is 0.142 e. The SMILES string of the molecule is Cc1ccc(-c2cc(-c3ccc(Cl)c(F)c3)c(C#N)c(N)n2)cc1. The highest BCUT2D eigenvalue weighted by atomic mass is 35.5. The minimum absolute atomic E-state index is 0.0260. The summed E-state index contributed by atoms with van der Waals surface area (Å²) >= 11 is 5.74. The summed E-state index contributed by atoms with van der Waals surface area (Å²) in [6.07, 6.45) is 0. The quantitative estimate of drug-likeness (QED) is 0.718. The molecule has 118 valence electrons. The average Bonchev–Trinajstić information content (AvgIpc) is 2.57. The number of pyridine rings is 1. The minimum atomic E-state index is -0.551. The maximum absolute atomic E-state index is 13.8. The first kappa shape index (κ1) is 16.0. The molecule has 0 aliphatic rings. The lowest BCUT2D eigenvalue weighted by atomic mass is 9.98. The van der Waals surface area contributed by atoms with Crippen molar-refractivity contribution < 1.29 is 4.39 Å². The zero-order valence-electron chi connectivity index (χ0n) is 12.8. The number of halogens is 2. The molecule has 0 fully saturated rings. The van der Waals surface area contributed by atoms with Gasteiger partial charge in [0.05, 0.1) is 10.7 Å². The Morgan fingerprint density at radius 2 is 1.75 bits per heavy atom.